The predicted octanol–water partition coefficient (Wildman–Crippen LogP) is 3.47. The van der Waals surface area contributed by atoms with Crippen LogP contribution < -0.4 is 0 Å². The van der Waals surface area contributed by atoms with E-state index in [2.05, 4.69) is 15.1 Å². The van der Waals surface area contributed by atoms with Crippen LogP contribution >= 0.6 is 0 Å². The Morgan fingerprint density at radius 1 is 1.19 bits per heavy atom. The van der Waals surface area contributed by atoms with E-state index in [9.17, 15) is 4.79 Å². The van der Waals surface area contributed by atoms with Crippen molar-refractivity contribution in [1.29, 1.82) is 0 Å². The number of esters is 1. The Balaban J connectivity index is 1.71. The van der Waals surface area contributed by atoms with Crippen LogP contribution in [-0.4, -0.2) is 32.3 Å². The van der Waals surface area contributed by atoms with Crippen molar-refractivity contribution < 1.29 is 13.9 Å². The van der Waals surface area contributed by atoms with Gasteiger partial charge in [-0.05, 0) is 43.3 Å². The first-order chi connectivity index (χ1) is 12.6. The minimum atomic E-state index is -0.470. The van der Waals surface area contributed by atoms with Crippen molar-refractivity contribution in [1.82, 2.24) is 19.7 Å². The maximum atomic E-state index is 11.9. The van der Waals surface area contributed by atoms with Crippen LogP contribution in [0.25, 0.3) is 33.8 Å². The van der Waals surface area contributed by atoms with E-state index in [0.717, 1.165) is 16.8 Å². The van der Waals surface area contributed by atoms with E-state index in [4.69, 9.17) is 9.15 Å². The molecule has 0 saturated carbocycles. The Morgan fingerprint density at radius 3 is 2.85 bits per heavy atom. The molecular weight excluding hydrogens is 332 g/mol. The standard InChI is InChI=1S/C19H16N4O3/c1-3-25-19(24)16-11-13(6-8-20-16)18-21-15-10-12(4-5-17(15)26-18)14-7-9-23(2)22-14/h4-11H,3H2,1-2H3. The van der Waals surface area contributed by atoms with Gasteiger partial charge in [0.25, 0.3) is 0 Å². The van der Waals surface area contributed by atoms with Gasteiger partial charge in [0.1, 0.15) is 11.2 Å². The zero-order chi connectivity index (χ0) is 18.1. The first-order valence-corrected chi connectivity index (χ1v) is 8.18. The number of aryl methyl sites for hydroxylation is 1. The Labute approximate surface area is 149 Å². The maximum Gasteiger partial charge on any atom is 0.356 e. The van der Waals surface area contributed by atoms with Gasteiger partial charge in [0.15, 0.2) is 5.58 Å². The Bertz CT molecular complexity index is 1100. The maximum absolute atomic E-state index is 11.9. The molecule has 0 unspecified atom stereocenters. The van der Waals surface area contributed by atoms with E-state index in [-0.39, 0.29) is 5.69 Å². The minimum absolute atomic E-state index is 0.223. The summed E-state index contributed by atoms with van der Waals surface area (Å²) in [6.07, 6.45) is 3.43. The predicted molar refractivity (Wildman–Crippen MR) is 95.4 cm³/mol. The molecule has 3 heterocycles. The van der Waals surface area contributed by atoms with Crippen molar-refractivity contribution in [3.63, 3.8) is 0 Å². The molecule has 1 aromatic carbocycles. The second-order valence-corrected chi connectivity index (χ2v) is 5.73. The molecule has 0 N–H and O–H groups in total. The number of pyridine rings is 1. The lowest BCUT2D eigenvalue weighted by molar-refractivity contribution is 0.0519. The van der Waals surface area contributed by atoms with Crippen molar-refractivity contribution in [2.45, 2.75) is 6.92 Å². The fourth-order valence-electron chi connectivity index (χ4n) is 2.66. The molecule has 0 radical (unpaired) electrons. The summed E-state index contributed by atoms with van der Waals surface area (Å²) in [4.78, 5) is 20.4. The molecule has 3 aromatic heterocycles. The monoisotopic (exact) mass is 348 g/mol. The van der Waals surface area contributed by atoms with E-state index in [1.165, 1.54) is 6.20 Å². The number of ether oxygens (including phenoxy) is 1. The molecule has 0 fully saturated rings. The van der Waals surface area contributed by atoms with E-state index in [1.807, 2.05) is 37.5 Å². The molecule has 0 saturated heterocycles. The molecule has 0 amide bonds. The zero-order valence-corrected chi connectivity index (χ0v) is 14.3. The van der Waals surface area contributed by atoms with Crippen LogP contribution in [0.3, 0.4) is 0 Å². The number of rotatable bonds is 4. The van der Waals surface area contributed by atoms with E-state index < -0.39 is 5.97 Å². The van der Waals surface area contributed by atoms with E-state index in [0.29, 0.717) is 23.6 Å². The van der Waals surface area contributed by atoms with Crippen molar-refractivity contribution >= 4 is 17.1 Å². The number of nitrogens with zero attached hydrogens (tertiary/aromatic N) is 4. The fourth-order valence-corrected chi connectivity index (χ4v) is 2.66. The lowest BCUT2D eigenvalue weighted by Gasteiger charge is -2.01. The van der Waals surface area contributed by atoms with Gasteiger partial charge >= 0.3 is 5.97 Å². The lowest BCUT2D eigenvalue weighted by Crippen LogP contribution is -2.06. The summed E-state index contributed by atoms with van der Waals surface area (Å²) < 4.78 is 12.6. The normalized spacial score (nSPS) is 11.0. The van der Waals surface area contributed by atoms with Gasteiger partial charge in [-0.25, -0.2) is 14.8 Å². The highest BCUT2D eigenvalue weighted by molar-refractivity contribution is 5.89. The van der Waals surface area contributed by atoms with Crippen LogP contribution in [0.1, 0.15) is 17.4 Å². The number of aromatic nitrogens is 4. The van der Waals surface area contributed by atoms with Crippen LogP contribution in [0, 0.1) is 0 Å². The van der Waals surface area contributed by atoms with Crippen molar-refractivity contribution in [3.8, 4) is 22.7 Å². The first kappa shape index (κ1) is 16.0. The molecule has 0 spiro atoms. The van der Waals surface area contributed by atoms with Gasteiger partial charge in [0.2, 0.25) is 5.89 Å². The largest absolute Gasteiger partial charge is 0.461 e. The molecule has 0 bridgehead atoms. The van der Waals surface area contributed by atoms with Gasteiger partial charge in [-0.2, -0.15) is 5.10 Å². The van der Waals surface area contributed by atoms with Crippen LogP contribution in [0.15, 0.2) is 53.2 Å². The van der Waals surface area contributed by atoms with Crippen LogP contribution in [0.5, 0.6) is 0 Å². The number of oxazole rings is 1. The summed E-state index contributed by atoms with van der Waals surface area (Å²) in [5, 5.41) is 4.40. The molecule has 0 aliphatic rings. The zero-order valence-electron chi connectivity index (χ0n) is 14.3. The number of fused-ring (bicyclic) bond motifs is 1. The number of hydrogen-bond donors (Lipinski definition) is 0. The molecule has 0 aliphatic carbocycles. The Hall–Kier alpha value is -3.48. The molecular formula is C19H16N4O3. The SMILES string of the molecule is CCOC(=O)c1cc(-c2nc3cc(-c4ccn(C)n4)ccc3o2)ccn1. The highest BCUT2D eigenvalue weighted by Crippen LogP contribution is 2.28. The van der Waals surface area contributed by atoms with Gasteiger partial charge in [0, 0.05) is 30.6 Å². The summed E-state index contributed by atoms with van der Waals surface area (Å²) in [6, 6.07) is 11.0. The van der Waals surface area contributed by atoms with Crippen LogP contribution in [0.4, 0.5) is 0 Å². The van der Waals surface area contributed by atoms with Gasteiger partial charge in [-0.1, -0.05) is 0 Å². The van der Waals surface area contributed by atoms with Crippen molar-refractivity contribution in [2.24, 2.45) is 7.05 Å². The molecule has 0 aliphatic heterocycles. The molecule has 4 aromatic rings. The minimum Gasteiger partial charge on any atom is -0.461 e. The van der Waals surface area contributed by atoms with Gasteiger partial charge in [0.05, 0.1) is 12.3 Å². The van der Waals surface area contributed by atoms with E-state index in [1.54, 1.807) is 23.7 Å². The highest BCUT2D eigenvalue weighted by Gasteiger charge is 2.14. The Morgan fingerprint density at radius 2 is 2.08 bits per heavy atom. The topological polar surface area (TPSA) is 83.0 Å². The third kappa shape index (κ3) is 2.95. The molecule has 7 nitrogen and oxygen atoms in total. The average molecular weight is 348 g/mol. The smallest absolute Gasteiger partial charge is 0.356 e. The van der Waals surface area contributed by atoms with Gasteiger partial charge in [-0.15, -0.1) is 0 Å². The second kappa shape index (κ2) is 6.44. The number of carbonyl (C=O) groups is 1. The molecule has 130 valence electrons. The second-order valence-electron chi connectivity index (χ2n) is 5.73. The quantitative estimate of drug-likeness (QED) is 0.525. The third-order valence-electron chi connectivity index (χ3n) is 3.89. The number of carbonyl (C=O) groups excluding carboxylic acids is 1. The van der Waals surface area contributed by atoms with Crippen LogP contribution in [0.2, 0.25) is 0 Å². The first-order valence-electron chi connectivity index (χ1n) is 8.18. The lowest BCUT2D eigenvalue weighted by atomic mass is 10.1. The summed E-state index contributed by atoms with van der Waals surface area (Å²) in [5.74, 6) is -0.0472. The molecule has 7 heteroatoms. The Kier molecular flexibility index (Phi) is 3.96. The molecule has 4 rings (SSSR count). The third-order valence-corrected chi connectivity index (χ3v) is 3.89. The summed E-state index contributed by atoms with van der Waals surface area (Å²) in [7, 11) is 1.88. The fraction of sp³-hybridized carbons (Fsp3) is 0.158. The van der Waals surface area contributed by atoms with Gasteiger partial charge in [-0.3, -0.25) is 4.68 Å². The van der Waals surface area contributed by atoms with E-state index >= 15 is 0 Å². The highest BCUT2D eigenvalue weighted by atomic mass is 16.5. The van der Waals surface area contributed by atoms with Crippen molar-refractivity contribution in [2.75, 3.05) is 6.61 Å². The summed E-state index contributed by atoms with van der Waals surface area (Å²) in [6.45, 7) is 2.05. The average Bonchev–Trinajstić information content (AvgIpc) is 3.27. The number of benzene rings is 1. The summed E-state index contributed by atoms with van der Waals surface area (Å²) >= 11 is 0. The summed E-state index contributed by atoms with van der Waals surface area (Å²) in [5.41, 5.74) is 4.10. The molecule has 26 heavy (non-hydrogen) atoms. The van der Waals surface area contributed by atoms with Crippen LogP contribution in [-0.2, 0) is 11.8 Å². The molecule has 0 atom stereocenters. The van der Waals surface area contributed by atoms with Gasteiger partial charge < -0.3 is 9.15 Å². The number of hydrogen-bond acceptors (Lipinski definition) is 6. The van der Waals surface area contributed by atoms with Crippen molar-refractivity contribution in [3.05, 3.63) is 54.5 Å².